The van der Waals surface area contributed by atoms with Gasteiger partial charge in [-0.1, -0.05) is 0 Å². The molecule has 1 aromatic carbocycles. The van der Waals surface area contributed by atoms with E-state index in [1.54, 1.807) is 0 Å². The Morgan fingerprint density at radius 2 is 1.92 bits per heavy atom. The number of benzene rings is 1. The zero-order chi connectivity index (χ0) is 8.97. The maximum Gasteiger partial charge on any atom is 0.125 e. The van der Waals surface area contributed by atoms with Crippen molar-refractivity contribution in [2.24, 2.45) is 5.73 Å². The van der Waals surface area contributed by atoms with Crippen LogP contribution in [0.4, 0.5) is 4.39 Å². The van der Waals surface area contributed by atoms with Gasteiger partial charge >= 0.3 is 0 Å². The van der Waals surface area contributed by atoms with E-state index in [2.05, 4.69) is 12.0 Å². The van der Waals surface area contributed by atoms with Crippen LogP contribution in [0, 0.1) is 29.1 Å². The van der Waals surface area contributed by atoms with Crippen LogP contribution in [-0.2, 0) is 0 Å². The Balaban J connectivity index is 3.23. The minimum Gasteiger partial charge on any atom is -0.359 e. The van der Waals surface area contributed by atoms with Crippen molar-refractivity contribution < 1.29 is 4.39 Å². The van der Waals surface area contributed by atoms with Crippen LogP contribution >= 0.6 is 0 Å². The van der Waals surface area contributed by atoms with Gasteiger partial charge in [0, 0.05) is 11.6 Å². The fourth-order valence-electron chi connectivity index (χ4n) is 0.810. The Bertz CT molecular complexity index is 393. The van der Waals surface area contributed by atoms with E-state index >= 15 is 0 Å². The van der Waals surface area contributed by atoms with Crippen molar-refractivity contribution in [3.8, 4) is 18.0 Å². The SMILES string of the molecule is N#Cc1cc(F)cc(C#CN)c1. The Morgan fingerprint density at radius 3 is 2.50 bits per heavy atom. The first-order valence-corrected chi connectivity index (χ1v) is 3.18. The second-order valence-corrected chi connectivity index (χ2v) is 2.11. The van der Waals surface area contributed by atoms with Gasteiger partial charge in [-0.25, -0.2) is 4.39 Å². The summed E-state index contributed by atoms with van der Waals surface area (Å²) in [6, 6.07) is 7.79. The first kappa shape index (κ1) is 8.10. The summed E-state index contributed by atoms with van der Waals surface area (Å²) in [4.78, 5) is 0. The number of nitrogens with two attached hydrogens (primary N) is 1. The molecule has 0 saturated heterocycles. The fourth-order valence-corrected chi connectivity index (χ4v) is 0.810. The number of hydrogen-bond acceptors (Lipinski definition) is 2. The van der Waals surface area contributed by atoms with Crippen molar-refractivity contribution in [1.29, 1.82) is 5.26 Å². The van der Waals surface area contributed by atoms with E-state index in [4.69, 9.17) is 11.0 Å². The molecule has 0 radical (unpaired) electrons. The van der Waals surface area contributed by atoms with Crippen LogP contribution in [0.25, 0.3) is 0 Å². The van der Waals surface area contributed by atoms with E-state index in [0.717, 1.165) is 6.07 Å². The first-order valence-electron chi connectivity index (χ1n) is 3.18. The van der Waals surface area contributed by atoms with Crippen molar-refractivity contribution in [1.82, 2.24) is 0 Å². The Kier molecular flexibility index (Phi) is 2.30. The van der Waals surface area contributed by atoms with Crippen LogP contribution in [0.2, 0.25) is 0 Å². The molecule has 2 nitrogen and oxygen atoms in total. The summed E-state index contributed by atoms with van der Waals surface area (Å²) in [5.41, 5.74) is 5.59. The molecule has 0 heterocycles. The second kappa shape index (κ2) is 3.41. The zero-order valence-electron chi connectivity index (χ0n) is 6.13. The average Bonchev–Trinajstić information content (AvgIpc) is 2.04. The molecular weight excluding hydrogens is 155 g/mol. The summed E-state index contributed by atoms with van der Waals surface area (Å²) in [5, 5.41) is 8.46. The van der Waals surface area contributed by atoms with Gasteiger partial charge < -0.3 is 5.73 Å². The smallest absolute Gasteiger partial charge is 0.125 e. The highest BCUT2D eigenvalue weighted by Crippen LogP contribution is 2.06. The lowest BCUT2D eigenvalue weighted by molar-refractivity contribution is 0.627. The van der Waals surface area contributed by atoms with E-state index in [0.29, 0.717) is 5.56 Å². The molecule has 1 rings (SSSR count). The van der Waals surface area contributed by atoms with Crippen molar-refractivity contribution in [2.45, 2.75) is 0 Å². The Hall–Kier alpha value is -2.00. The Morgan fingerprint density at radius 1 is 1.25 bits per heavy atom. The van der Waals surface area contributed by atoms with Gasteiger partial charge in [0.15, 0.2) is 0 Å². The second-order valence-electron chi connectivity index (χ2n) is 2.11. The zero-order valence-corrected chi connectivity index (χ0v) is 6.13. The molecule has 3 heteroatoms. The van der Waals surface area contributed by atoms with Gasteiger partial charge in [-0.05, 0) is 24.1 Å². The maximum absolute atomic E-state index is 12.7. The molecule has 0 aliphatic carbocycles. The van der Waals surface area contributed by atoms with Crippen LogP contribution in [-0.4, -0.2) is 0 Å². The predicted octanol–water partition coefficient (Wildman–Crippen LogP) is 0.965. The van der Waals surface area contributed by atoms with Crippen LogP contribution in [0.1, 0.15) is 11.1 Å². The molecular formula is C9H5FN2. The molecule has 0 aromatic heterocycles. The highest BCUT2D eigenvalue weighted by Gasteiger charge is 1.96. The van der Waals surface area contributed by atoms with Gasteiger partial charge in [-0.3, -0.25) is 0 Å². The molecule has 0 atom stereocenters. The maximum atomic E-state index is 12.7. The number of hydrogen-bond donors (Lipinski definition) is 1. The van der Waals surface area contributed by atoms with E-state index in [1.165, 1.54) is 12.1 Å². The van der Waals surface area contributed by atoms with Crippen molar-refractivity contribution >= 4 is 0 Å². The summed E-state index contributed by atoms with van der Waals surface area (Å²) in [7, 11) is 0. The molecule has 0 aliphatic rings. The first-order chi connectivity index (χ1) is 5.76. The molecule has 0 amide bonds. The van der Waals surface area contributed by atoms with Crippen molar-refractivity contribution in [3.05, 3.63) is 35.1 Å². The number of halogens is 1. The van der Waals surface area contributed by atoms with Crippen molar-refractivity contribution in [2.75, 3.05) is 0 Å². The molecule has 12 heavy (non-hydrogen) atoms. The number of rotatable bonds is 0. The van der Waals surface area contributed by atoms with Gasteiger partial charge in [0.25, 0.3) is 0 Å². The Labute approximate surface area is 69.4 Å². The lowest BCUT2D eigenvalue weighted by Crippen LogP contribution is -1.84. The lowest BCUT2D eigenvalue weighted by Gasteiger charge is -1.92. The monoisotopic (exact) mass is 160 g/mol. The fraction of sp³-hybridized carbons (Fsp3) is 0. The largest absolute Gasteiger partial charge is 0.359 e. The third-order valence-corrected chi connectivity index (χ3v) is 1.24. The molecule has 0 bridgehead atoms. The van der Waals surface area contributed by atoms with E-state index in [1.807, 2.05) is 6.07 Å². The lowest BCUT2D eigenvalue weighted by atomic mass is 10.1. The van der Waals surface area contributed by atoms with Crippen LogP contribution < -0.4 is 5.73 Å². The summed E-state index contributed by atoms with van der Waals surface area (Å²) in [6.07, 6.45) is 0. The van der Waals surface area contributed by atoms with Crippen molar-refractivity contribution in [3.63, 3.8) is 0 Å². The predicted molar refractivity (Wildman–Crippen MR) is 42.2 cm³/mol. The molecule has 0 saturated carbocycles. The molecule has 2 N–H and O–H groups in total. The van der Waals surface area contributed by atoms with Gasteiger partial charge in [0.05, 0.1) is 11.6 Å². The summed E-state index contributed by atoms with van der Waals surface area (Å²) in [6.45, 7) is 0. The minimum absolute atomic E-state index is 0.243. The molecule has 58 valence electrons. The van der Waals surface area contributed by atoms with Crippen LogP contribution in [0.3, 0.4) is 0 Å². The topological polar surface area (TPSA) is 49.8 Å². The van der Waals surface area contributed by atoms with Gasteiger partial charge in [0.2, 0.25) is 0 Å². The summed E-state index contributed by atoms with van der Waals surface area (Å²) in [5.74, 6) is 1.98. The molecule has 1 aromatic rings. The normalized spacial score (nSPS) is 8.00. The highest BCUT2D eigenvalue weighted by molar-refractivity contribution is 5.41. The van der Waals surface area contributed by atoms with E-state index < -0.39 is 5.82 Å². The van der Waals surface area contributed by atoms with E-state index in [-0.39, 0.29) is 5.56 Å². The highest BCUT2D eigenvalue weighted by atomic mass is 19.1. The summed E-state index contributed by atoms with van der Waals surface area (Å²) >= 11 is 0. The summed E-state index contributed by atoms with van der Waals surface area (Å²) < 4.78 is 12.7. The molecule has 0 aliphatic heterocycles. The van der Waals surface area contributed by atoms with E-state index in [9.17, 15) is 4.39 Å². The number of nitriles is 1. The number of nitrogens with zero attached hydrogens (tertiary/aromatic N) is 1. The quantitative estimate of drug-likeness (QED) is 0.454. The van der Waals surface area contributed by atoms with Gasteiger partial charge in [-0.2, -0.15) is 5.26 Å². The molecule has 0 fully saturated rings. The minimum atomic E-state index is -0.480. The third kappa shape index (κ3) is 1.74. The van der Waals surface area contributed by atoms with Crippen LogP contribution in [0.15, 0.2) is 18.2 Å². The van der Waals surface area contributed by atoms with Gasteiger partial charge in [-0.15, -0.1) is 0 Å². The average molecular weight is 160 g/mol. The molecule has 0 spiro atoms. The van der Waals surface area contributed by atoms with Gasteiger partial charge in [0.1, 0.15) is 5.82 Å². The van der Waals surface area contributed by atoms with Crippen LogP contribution in [0.5, 0.6) is 0 Å². The molecule has 0 unspecified atom stereocenters. The third-order valence-electron chi connectivity index (χ3n) is 1.24. The standard InChI is InChI=1S/C9H5FN2/c10-9-4-7(1-2-11)3-8(5-9)6-12/h3-5H,11H2.